The minimum Gasteiger partial charge on any atom is -0.381 e. The van der Waals surface area contributed by atoms with Gasteiger partial charge in [-0.2, -0.15) is 0 Å². The monoisotopic (exact) mass is 489 g/mol. The van der Waals surface area contributed by atoms with Crippen LogP contribution in [0.2, 0.25) is 0 Å². The molecule has 0 bridgehead atoms. The Kier molecular flexibility index (Phi) is 15.0. The van der Waals surface area contributed by atoms with Gasteiger partial charge in [-0.15, -0.1) is 0 Å². The lowest BCUT2D eigenvalue weighted by Crippen LogP contribution is -2.51. The van der Waals surface area contributed by atoms with Crippen molar-refractivity contribution in [3.05, 3.63) is 35.9 Å². The number of amides is 2. The molecular weight excluding hydrogens is 438 g/mol. The largest absolute Gasteiger partial charge is 0.381 e. The number of likely N-dealkylation sites (tertiary alicyclic amines) is 1. The van der Waals surface area contributed by atoms with Crippen LogP contribution in [0.3, 0.4) is 0 Å². The molecule has 1 heterocycles. The highest BCUT2D eigenvalue weighted by atomic mass is 16.5. The number of urea groups is 1. The molecule has 1 aliphatic rings. The van der Waals surface area contributed by atoms with E-state index in [9.17, 15) is 4.79 Å². The molecular formula is C29H51N3O3. The second-order valence-electron chi connectivity index (χ2n) is 10.2. The maximum atomic E-state index is 13.3. The molecule has 2 amide bonds. The summed E-state index contributed by atoms with van der Waals surface area (Å²) in [6, 6.07) is 10.7. The van der Waals surface area contributed by atoms with Gasteiger partial charge in [0.1, 0.15) is 0 Å². The van der Waals surface area contributed by atoms with Gasteiger partial charge in [0.15, 0.2) is 0 Å². The minimum atomic E-state index is 0.000136. The molecule has 1 unspecified atom stereocenters. The lowest BCUT2D eigenvalue weighted by atomic mass is 9.88. The van der Waals surface area contributed by atoms with Crippen molar-refractivity contribution in [2.45, 2.75) is 84.3 Å². The Balaban J connectivity index is 1.96. The average molecular weight is 490 g/mol. The number of hydrogen-bond acceptors (Lipinski definition) is 4. The molecule has 1 aromatic rings. The molecule has 0 aromatic heterocycles. The molecule has 6 heteroatoms. The van der Waals surface area contributed by atoms with Crippen LogP contribution in [0.1, 0.15) is 83.8 Å². The van der Waals surface area contributed by atoms with Crippen LogP contribution in [0.5, 0.6) is 0 Å². The minimum absolute atomic E-state index is 0.000136. The van der Waals surface area contributed by atoms with Gasteiger partial charge in [0, 0.05) is 51.4 Å². The van der Waals surface area contributed by atoms with E-state index in [1.165, 1.54) is 24.8 Å². The third-order valence-electron chi connectivity index (χ3n) is 6.90. The summed E-state index contributed by atoms with van der Waals surface area (Å²) >= 11 is 0. The quantitative estimate of drug-likeness (QED) is 0.272. The van der Waals surface area contributed by atoms with Gasteiger partial charge in [0.25, 0.3) is 0 Å². The molecule has 4 atom stereocenters. The summed E-state index contributed by atoms with van der Waals surface area (Å²) < 4.78 is 12.1. The number of likely N-dealkylation sites (N-methyl/N-ethyl adjacent to an activating group) is 1. The van der Waals surface area contributed by atoms with Gasteiger partial charge in [-0.25, -0.2) is 4.79 Å². The molecule has 0 radical (unpaired) electrons. The van der Waals surface area contributed by atoms with Gasteiger partial charge in [-0.05, 0) is 50.6 Å². The number of hydrogen-bond donors (Lipinski definition) is 2. The van der Waals surface area contributed by atoms with Crippen molar-refractivity contribution in [1.82, 2.24) is 15.5 Å². The first-order valence-corrected chi connectivity index (χ1v) is 14.0. The zero-order valence-corrected chi connectivity index (χ0v) is 22.8. The van der Waals surface area contributed by atoms with Gasteiger partial charge >= 0.3 is 6.03 Å². The number of carbonyl (C=O) groups excluding carboxylic acids is 1. The molecule has 0 saturated carbocycles. The summed E-state index contributed by atoms with van der Waals surface area (Å²) in [7, 11) is 1.96. The fourth-order valence-corrected chi connectivity index (χ4v) is 5.07. The standard InChI is InChI=1S/C29H51N3O3/c1-5-7-13-24(3)21-27(22-30-4)31-29(33)32-17-11-16-26(23-32)28(25-14-9-8-10-15-25)35-20-12-19-34-18-6-2/h8-10,14-15,24,26-28,30H,5-7,11-13,16-23H2,1-4H3,(H,31,33)/t24?,26-,27+,28+/m1/s1. The Hall–Kier alpha value is -1.63. The Labute approximate surface area is 214 Å². The number of rotatable bonds is 17. The second-order valence-corrected chi connectivity index (χ2v) is 10.2. The molecule has 1 aliphatic heterocycles. The molecule has 2 N–H and O–H groups in total. The van der Waals surface area contributed by atoms with Gasteiger partial charge in [0.2, 0.25) is 0 Å². The summed E-state index contributed by atoms with van der Waals surface area (Å²) in [5, 5.41) is 6.60. The van der Waals surface area contributed by atoms with Gasteiger partial charge in [0.05, 0.1) is 6.10 Å². The molecule has 6 nitrogen and oxygen atoms in total. The lowest BCUT2D eigenvalue weighted by Gasteiger charge is -2.38. The number of carbonyl (C=O) groups is 1. The Morgan fingerprint density at radius 1 is 1.11 bits per heavy atom. The van der Waals surface area contributed by atoms with Crippen LogP contribution in [0.15, 0.2) is 30.3 Å². The van der Waals surface area contributed by atoms with Gasteiger partial charge in [-0.3, -0.25) is 0 Å². The van der Waals surface area contributed by atoms with Crippen LogP contribution in [-0.2, 0) is 9.47 Å². The fraction of sp³-hybridized carbons (Fsp3) is 0.759. The van der Waals surface area contributed by atoms with E-state index >= 15 is 0 Å². The maximum absolute atomic E-state index is 13.3. The highest BCUT2D eigenvalue weighted by Crippen LogP contribution is 2.33. The third-order valence-corrected chi connectivity index (χ3v) is 6.90. The van der Waals surface area contributed by atoms with Crippen LogP contribution < -0.4 is 10.6 Å². The molecule has 1 aromatic carbocycles. The van der Waals surface area contributed by atoms with Crippen LogP contribution in [0, 0.1) is 11.8 Å². The highest BCUT2D eigenvalue weighted by molar-refractivity contribution is 5.74. The molecule has 1 saturated heterocycles. The summed E-state index contributed by atoms with van der Waals surface area (Å²) in [5.74, 6) is 0.902. The van der Waals surface area contributed by atoms with Crippen molar-refractivity contribution in [2.24, 2.45) is 11.8 Å². The van der Waals surface area contributed by atoms with Crippen LogP contribution >= 0.6 is 0 Å². The number of piperidine rings is 1. The normalized spacial score (nSPS) is 18.7. The number of unbranched alkanes of at least 4 members (excludes halogenated alkanes) is 1. The first-order chi connectivity index (χ1) is 17.1. The van der Waals surface area contributed by atoms with Crippen molar-refractivity contribution < 1.29 is 14.3 Å². The molecule has 35 heavy (non-hydrogen) atoms. The van der Waals surface area contributed by atoms with Crippen molar-refractivity contribution in [2.75, 3.05) is 46.5 Å². The fourth-order valence-electron chi connectivity index (χ4n) is 5.07. The molecule has 0 spiro atoms. The van der Waals surface area contributed by atoms with Crippen molar-refractivity contribution in [3.63, 3.8) is 0 Å². The van der Waals surface area contributed by atoms with Crippen molar-refractivity contribution >= 4 is 6.03 Å². The predicted molar refractivity (Wildman–Crippen MR) is 145 cm³/mol. The van der Waals surface area contributed by atoms with E-state index in [2.05, 4.69) is 55.7 Å². The second kappa shape index (κ2) is 17.7. The van der Waals surface area contributed by atoms with Gasteiger partial charge in [-0.1, -0.05) is 70.4 Å². The van der Waals surface area contributed by atoms with Crippen molar-refractivity contribution in [1.29, 1.82) is 0 Å². The van der Waals surface area contributed by atoms with Crippen LogP contribution in [-0.4, -0.2) is 63.5 Å². The first-order valence-electron chi connectivity index (χ1n) is 14.0. The number of ether oxygens (including phenoxy) is 2. The molecule has 0 aliphatic carbocycles. The maximum Gasteiger partial charge on any atom is 0.317 e. The summed E-state index contributed by atoms with van der Waals surface area (Å²) in [5.41, 5.74) is 1.20. The lowest BCUT2D eigenvalue weighted by molar-refractivity contribution is -0.0189. The topological polar surface area (TPSA) is 62.8 Å². The summed E-state index contributed by atoms with van der Waals surface area (Å²) in [4.78, 5) is 15.3. The van der Waals surface area contributed by atoms with Crippen molar-refractivity contribution in [3.8, 4) is 0 Å². The predicted octanol–water partition coefficient (Wildman–Crippen LogP) is 5.79. The number of benzene rings is 1. The van der Waals surface area contributed by atoms with E-state index in [1.54, 1.807) is 0 Å². The van der Waals surface area contributed by atoms with E-state index in [4.69, 9.17) is 9.47 Å². The first kappa shape index (κ1) is 29.6. The van der Waals surface area contributed by atoms with E-state index in [0.717, 1.165) is 65.0 Å². The SMILES string of the molecule is CCCCC(C)C[C@@H](CNC)NC(=O)N1CCC[C@@H]([C@@H](OCCCOCCC)c2ccccc2)C1. The Morgan fingerprint density at radius 2 is 1.91 bits per heavy atom. The zero-order chi connectivity index (χ0) is 25.3. The molecule has 1 fully saturated rings. The van der Waals surface area contributed by atoms with Gasteiger partial charge < -0.3 is 25.0 Å². The van der Waals surface area contributed by atoms with E-state index in [1.807, 2.05) is 18.0 Å². The zero-order valence-electron chi connectivity index (χ0n) is 22.8. The highest BCUT2D eigenvalue weighted by Gasteiger charge is 2.31. The third kappa shape index (κ3) is 11.3. The summed E-state index contributed by atoms with van der Waals surface area (Å²) in [6.07, 6.45) is 8.72. The molecule has 2 rings (SSSR count). The van der Waals surface area contributed by atoms with E-state index in [-0.39, 0.29) is 18.2 Å². The number of nitrogens with one attached hydrogen (secondary N) is 2. The Morgan fingerprint density at radius 3 is 2.63 bits per heavy atom. The number of nitrogens with zero attached hydrogens (tertiary/aromatic N) is 1. The van der Waals surface area contributed by atoms with Crippen LogP contribution in [0.25, 0.3) is 0 Å². The molecule has 200 valence electrons. The van der Waals surface area contributed by atoms with E-state index in [0.29, 0.717) is 18.4 Å². The van der Waals surface area contributed by atoms with E-state index < -0.39 is 0 Å². The van der Waals surface area contributed by atoms with Crippen LogP contribution in [0.4, 0.5) is 4.79 Å². The summed E-state index contributed by atoms with van der Waals surface area (Å²) in [6.45, 7) is 11.2. The smallest absolute Gasteiger partial charge is 0.317 e. The average Bonchev–Trinajstić information content (AvgIpc) is 2.87. The Bertz CT molecular complexity index is 672.